The van der Waals surface area contributed by atoms with Crippen LogP contribution < -0.4 is 0 Å². The van der Waals surface area contributed by atoms with Gasteiger partial charge in [0.15, 0.2) is 0 Å². The number of rotatable bonds is 0. The normalized spacial score (nSPS) is 4.50. The zero-order valence-corrected chi connectivity index (χ0v) is 2.80. The molecule has 0 radical (unpaired) electrons. The first kappa shape index (κ1) is 8.87. The average Bonchev–Trinajstić information content (AvgIpc) is 0.918. The molecule has 4 heteroatoms. The van der Waals surface area contributed by atoms with Crippen molar-refractivity contribution in [1.29, 1.82) is 0 Å². The van der Waals surface area contributed by atoms with Gasteiger partial charge in [-0.3, -0.25) is 0 Å². The smallest absolute Gasteiger partial charge is 0.0737 e. The minimum atomic E-state index is 0. The van der Waals surface area contributed by atoms with Gasteiger partial charge in [0.1, 0.15) is 0 Å². The minimum absolute atomic E-state index is 0. The summed E-state index contributed by atoms with van der Waals surface area (Å²) in [6, 6.07) is 0. The highest BCUT2D eigenvalue weighted by Crippen LogP contribution is 1.24. The summed E-state index contributed by atoms with van der Waals surface area (Å²) in [7, 11) is 0. The zero-order valence-electron chi connectivity index (χ0n) is 1.80. The van der Waals surface area contributed by atoms with Gasteiger partial charge in [0.25, 0.3) is 0 Å². The van der Waals surface area contributed by atoms with E-state index in [0.29, 0.717) is 0 Å². The molecule has 0 aliphatic rings. The molecule has 0 rings (SSSR count). The highest BCUT2D eigenvalue weighted by Gasteiger charge is 1.27. The Morgan fingerprint density at radius 2 is 1.25 bits per heavy atom. The highest BCUT2D eigenvalue weighted by atomic mass is 32.1. The van der Waals surface area contributed by atoms with Crippen molar-refractivity contribution in [3.8, 4) is 0 Å². The molecule has 0 aliphatic carbocycles. The van der Waals surface area contributed by atoms with E-state index >= 15 is 0 Å². The lowest BCUT2D eigenvalue weighted by Crippen LogP contribution is -1.60. The quantitative estimate of drug-likeness (QED) is 0.322. The lowest BCUT2D eigenvalue weighted by Gasteiger charge is -1.56. The SMILES string of the molecule is OOO.S. The van der Waals surface area contributed by atoms with Gasteiger partial charge in [-0.1, -0.05) is 5.04 Å². The molecule has 0 spiro atoms. The van der Waals surface area contributed by atoms with E-state index in [9.17, 15) is 0 Å². The van der Waals surface area contributed by atoms with E-state index < -0.39 is 0 Å². The summed E-state index contributed by atoms with van der Waals surface area (Å²) in [5.41, 5.74) is 0. The molecular weight excluding hydrogens is 80.1 g/mol. The van der Waals surface area contributed by atoms with Crippen LogP contribution >= 0.6 is 13.5 Å². The van der Waals surface area contributed by atoms with Crippen LogP contribution in [0.25, 0.3) is 0 Å². The molecule has 0 aromatic heterocycles. The summed E-state index contributed by atoms with van der Waals surface area (Å²) in [4.78, 5) is 0. The fourth-order valence-electron chi connectivity index (χ4n) is 0. The topological polar surface area (TPSA) is 49.7 Å². The third kappa shape index (κ3) is 63.8. The number of hydrogen-bond donors (Lipinski definition) is 2. The van der Waals surface area contributed by atoms with Crippen molar-refractivity contribution < 1.29 is 15.6 Å². The van der Waals surface area contributed by atoms with Gasteiger partial charge in [0.05, 0.1) is 0 Å². The van der Waals surface area contributed by atoms with Crippen LogP contribution in [0.4, 0.5) is 0 Å². The first-order valence-corrected chi connectivity index (χ1v) is 0.365. The van der Waals surface area contributed by atoms with Crippen molar-refractivity contribution in [3.05, 3.63) is 0 Å². The molecule has 0 aromatic rings. The Morgan fingerprint density at radius 3 is 1.25 bits per heavy atom. The molecule has 2 N–H and O–H groups in total. The molecule has 3 nitrogen and oxygen atoms in total. The Hall–Kier alpha value is 0.230. The summed E-state index contributed by atoms with van der Waals surface area (Å²) in [5, 5.41) is 15.5. The molecule has 0 saturated heterocycles. The molecule has 0 atom stereocenters. The van der Waals surface area contributed by atoms with Gasteiger partial charge in [0.2, 0.25) is 0 Å². The van der Waals surface area contributed by atoms with E-state index in [1.165, 1.54) is 0 Å². The first-order valence-electron chi connectivity index (χ1n) is 0.365. The van der Waals surface area contributed by atoms with Crippen LogP contribution in [0.5, 0.6) is 0 Å². The van der Waals surface area contributed by atoms with E-state index in [2.05, 4.69) is 5.04 Å². The van der Waals surface area contributed by atoms with Crippen LogP contribution in [0.1, 0.15) is 0 Å². The standard InChI is InChI=1S/H2O3.H2S/c1-3-2;/h1-2H;1H2. The maximum atomic E-state index is 6.62. The predicted octanol–water partition coefficient (Wildman–Crippen LogP) is 0.0618. The Labute approximate surface area is 30.1 Å². The monoisotopic (exact) mass is 84.0 g/mol. The Kier molecular flexibility index (Phi) is 23.6. The van der Waals surface area contributed by atoms with E-state index in [1.54, 1.807) is 0 Å². The second kappa shape index (κ2) is 10.6. The van der Waals surface area contributed by atoms with Crippen LogP contribution in [0.3, 0.4) is 0 Å². The second-order valence-electron chi connectivity index (χ2n) is 0.0816. The van der Waals surface area contributed by atoms with Crippen molar-refractivity contribution in [1.82, 2.24) is 0 Å². The summed E-state index contributed by atoms with van der Waals surface area (Å²) in [6.45, 7) is 0. The van der Waals surface area contributed by atoms with Gasteiger partial charge in [-0.2, -0.15) is 13.5 Å². The van der Waals surface area contributed by atoms with Gasteiger partial charge >= 0.3 is 0 Å². The Morgan fingerprint density at radius 1 is 1.25 bits per heavy atom. The highest BCUT2D eigenvalue weighted by molar-refractivity contribution is 7.59. The van der Waals surface area contributed by atoms with E-state index in [-0.39, 0.29) is 13.5 Å². The van der Waals surface area contributed by atoms with Gasteiger partial charge < -0.3 is 0 Å². The van der Waals surface area contributed by atoms with E-state index in [1.807, 2.05) is 0 Å². The molecule has 0 amide bonds. The van der Waals surface area contributed by atoms with Crippen LogP contribution in [0.15, 0.2) is 0 Å². The molecule has 28 valence electrons. The second-order valence-corrected chi connectivity index (χ2v) is 0.0816. The van der Waals surface area contributed by atoms with Gasteiger partial charge in [-0.05, 0) is 0 Å². The largest absolute Gasteiger partial charge is 0.221 e. The summed E-state index contributed by atoms with van der Waals surface area (Å²) < 4.78 is 0. The van der Waals surface area contributed by atoms with Gasteiger partial charge in [-0.15, -0.1) is 0 Å². The molecule has 0 unspecified atom stereocenters. The first-order chi connectivity index (χ1) is 1.41. The zero-order chi connectivity index (χ0) is 2.71. The maximum Gasteiger partial charge on any atom is -0.0737 e. The summed E-state index contributed by atoms with van der Waals surface area (Å²) in [6.07, 6.45) is 0. The third-order valence-electron chi connectivity index (χ3n) is 0. The summed E-state index contributed by atoms with van der Waals surface area (Å²) in [5.74, 6) is 0. The van der Waals surface area contributed by atoms with Gasteiger partial charge in [0, 0.05) is 0 Å². The Bertz CT molecular complexity index is 3.25. The average molecular weight is 84.1 g/mol. The fourth-order valence-corrected chi connectivity index (χ4v) is 0. The molecule has 0 aromatic carbocycles. The lowest BCUT2D eigenvalue weighted by atomic mass is 14.6. The van der Waals surface area contributed by atoms with Crippen molar-refractivity contribution in [3.63, 3.8) is 0 Å². The Balaban J connectivity index is 0. The molecule has 0 heterocycles. The van der Waals surface area contributed by atoms with Crippen LogP contribution in [-0.4, -0.2) is 10.5 Å². The fraction of sp³-hybridized carbons (Fsp3) is 0. The maximum absolute atomic E-state index is 6.62. The third-order valence-corrected chi connectivity index (χ3v) is 0. The molecule has 0 aliphatic heterocycles. The van der Waals surface area contributed by atoms with E-state index in [0.717, 1.165) is 0 Å². The number of hydrogen-bond acceptors (Lipinski definition) is 3. The lowest BCUT2D eigenvalue weighted by molar-refractivity contribution is -0.465. The van der Waals surface area contributed by atoms with Crippen LogP contribution in [0, 0.1) is 0 Å². The summed E-state index contributed by atoms with van der Waals surface area (Å²) >= 11 is 0. The molecular formula is H4O3S. The predicted molar refractivity (Wildman–Crippen MR) is 16.7 cm³/mol. The van der Waals surface area contributed by atoms with Crippen molar-refractivity contribution in [2.75, 3.05) is 0 Å². The minimum Gasteiger partial charge on any atom is -0.221 e. The molecule has 0 saturated carbocycles. The molecule has 0 fully saturated rings. The van der Waals surface area contributed by atoms with Crippen molar-refractivity contribution in [2.45, 2.75) is 0 Å². The van der Waals surface area contributed by atoms with Crippen molar-refractivity contribution in [2.24, 2.45) is 0 Å². The van der Waals surface area contributed by atoms with Crippen LogP contribution in [0.2, 0.25) is 0 Å². The van der Waals surface area contributed by atoms with Gasteiger partial charge in [-0.25, -0.2) is 10.5 Å². The van der Waals surface area contributed by atoms with Crippen molar-refractivity contribution >= 4 is 13.5 Å². The molecule has 0 bridgehead atoms. The van der Waals surface area contributed by atoms with Crippen LogP contribution in [-0.2, 0) is 5.04 Å². The molecule has 4 heavy (non-hydrogen) atoms. The van der Waals surface area contributed by atoms with E-state index in [4.69, 9.17) is 10.5 Å².